The van der Waals surface area contributed by atoms with Crippen LogP contribution in [-0.4, -0.2) is 17.7 Å². The number of rotatable bonds is 4. The molecule has 18 heavy (non-hydrogen) atoms. The fourth-order valence-electron chi connectivity index (χ4n) is 1.00. The van der Waals surface area contributed by atoms with Gasteiger partial charge in [0, 0.05) is 0 Å². The number of aliphatic hydroxyl groups excluding tert-OH is 1. The van der Waals surface area contributed by atoms with Crippen molar-refractivity contribution in [1.82, 2.24) is 0 Å². The zero-order valence-electron chi connectivity index (χ0n) is 9.43. The highest BCUT2D eigenvalue weighted by Crippen LogP contribution is 2.21. The average molecular weight is 256 g/mol. The van der Waals surface area contributed by atoms with Crippen LogP contribution in [0.25, 0.3) is 0 Å². The largest absolute Gasteiger partial charge is 0.513 e. The fourth-order valence-corrected chi connectivity index (χ4v) is 1.00. The number of hydrogen-bond acceptors (Lipinski definition) is 5. The quantitative estimate of drug-likeness (QED) is 0.389. The Balaban J connectivity index is 2.92. The van der Waals surface area contributed by atoms with Crippen molar-refractivity contribution in [3.05, 3.63) is 41.8 Å². The van der Waals surface area contributed by atoms with E-state index in [2.05, 4.69) is 15.0 Å². The van der Waals surface area contributed by atoms with Gasteiger partial charge in [-0.05, 0) is 19.1 Å². The lowest BCUT2D eigenvalue weighted by Crippen LogP contribution is -2.05. The van der Waals surface area contributed by atoms with Gasteiger partial charge in [0.25, 0.3) is 0 Å². The van der Waals surface area contributed by atoms with Crippen LogP contribution in [0, 0.1) is 11.6 Å². The van der Waals surface area contributed by atoms with Gasteiger partial charge in [-0.25, -0.2) is 13.6 Å². The summed E-state index contributed by atoms with van der Waals surface area (Å²) in [5.74, 6) is -3.19. The Hall–Kier alpha value is -2.31. The van der Waals surface area contributed by atoms with Crippen LogP contribution in [-0.2, 0) is 9.53 Å². The molecular weight excluding hydrogens is 246 g/mol. The molecule has 1 aromatic rings. The highest BCUT2D eigenvalue weighted by molar-refractivity contribution is 5.87. The first-order valence-corrected chi connectivity index (χ1v) is 4.97. The van der Waals surface area contributed by atoms with E-state index in [4.69, 9.17) is 5.11 Å². The van der Waals surface area contributed by atoms with Gasteiger partial charge in [0.05, 0.1) is 6.61 Å². The summed E-state index contributed by atoms with van der Waals surface area (Å²) in [5.41, 5.74) is -0.904. The number of halogens is 2. The standard InChI is InChI=1S/C11H10F2N2O3/c1-2-18-11(17)9(6-16)15-14-8-5-3-4-7(12)10(8)13/h3-6,16H,2H2,1H3. The van der Waals surface area contributed by atoms with E-state index in [0.717, 1.165) is 6.07 Å². The summed E-state index contributed by atoms with van der Waals surface area (Å²) in [6.07, 6.45) is 0.374. The van der Waals surface area contributed by atoms with Crippen LogP contribution >= 0.6 is 0 Å². The minimum Gasteiger partial charge on any atom is -0.513 e. The summed E-state index contributed by atoms with van der Waals surface area (Å²) in [4.78, 5) is 11.2. The molecule has 96 valence electrons. The Labute approximate surface area is 101 Å². The Bertz CT molecular complexity index is 501. The summed E-state index contributed by atoms with van der Waals surface area (Å²) in [7, 11) is 0. The molecule has 0 saturated heterocycles. The van der Waals surface area contributed by atoms with E-state index >= 15 is 0 Å². The highest BCUT2D eigenvalue weighted by Gasteiger charge is 2.11. The third-order valence-corrected chi connectivity index (χ3v) is 1.80. The summed E-state index contributed by atoms with van der Waals surface area (Å²) in [5, 5.41) is 15.4. The number of esters is 1. The molecule has 0 spiro atoms. The number of hydrogen-bond donors (Lipinski definition) is 1. The summed E-state index contributed by atoms with van der Waals surface area (Å²) >= 11 is 0. The molecule has 0 atom stereocenters. The molecule has 0 saturated carbocycles. The monoisotopic (exact) mass is 256 g/mol. The second-order valence-electron chi connectivity index (χ2n) is 3.01. The van der Waals surface area contributed by atoms with Crippen molar-refractivity contribution in [1.29, 1.82) is 0 Å². The second kappa shape index (κ2) is 6.43. The molecule has 0 amide bonds. The van der Waals surface area contributed by atoms with Crippen molar-refractivity contribution in [2.45, 2.75) is 6.92 Å². The maximum absolute atomic E-state index is 13.2. The zero-order chi connectivity index (χ0) is 13.5. The predicted molar refractivity (Wildman–Crippen MR) is 58.2 cm³/mol. The number of aliphatic hydroxyl groups is 1. The number of carbonyl (C=O) groups excluding carboxylic acids is 1. The molecule has 0 heterocycles. The fraction of sp³-hybridized carbons (Fsp3) is 0.182. The first-order chi connectivity index (χ1) is 8.60. The van der Waals surface area contributed by atoms with E-state index in [1.165, 1.54) is 12.1 Å². The van der Waals surface area contributed by atoms with Crippen molar-refractivity contribution < 1.29 is 23.4 Å². The van der Waals surface area contributed by atoms with Gasteiger partial charge in [0.2, 0.25) is 5.70 Å². The molecule has 0 aliphatic carbocycles. The Kier molecular flexibility index (Phi) is 4.91. The van der Waals surface area contributed by atoms with Crippen molar-refractivity contribution in [3.8, 4) is 0 Å². The van der Waals surface area contributed by atoms with Gasteiger partial charge in [-0.3, -0.25) is 0 Å². The van der Waals surface area contributed by atoms with Crippen LogP contribution in [0.15, 0.2) is 40.4 Å². The molecule has 1 aromatic carbocycles. The maximum atomic E-state index is 13.2. The van der Waals surface area contributed by atoms with E-state index in [1.807, 2.05) is 0 Å². The zero-order valence-corrected chi connectivity index (χ0v) is 9.43. The summed E-state index contributed by atoms with van der Waals surface area (Å²) in [6, 6.07) is 3.32. The van der Waals surface area contributed by atoms with Crippen LogP contribution in [0.2, 0.25) is 0 Å². The maximum Gasteiger partial charge on any atom is 0.362 e. The SMILES string of the molecule is CCOC(=O)C(=CO)N=Nc1cccc(F)c1F. The molecule has 0 aliphatic heterocycles. The van der Waals surface area contributed by atoms with Crippen LogP contribution in [0.4, 0.5) is 14.5 Å². The highest BCUT2D eigenvalue weighted by atomic mass is 19.2. The minimum atomic E-state index is -1.19. The lowest BCUT2D eigenvalue weighted by Gasteiger charge is -2.00. The molecule has 0 bridgehead atoms. The Morgan fingerprint density at radius 1 is 1.50 bits per heavy atom. The van der Waals surface area contributed by atoms with Crippen molar-refractivity contribution in [3.63, 3.8) is 0 Å². The molecule has 1 rings (SSSR count). The first-order valence-electron chi connectivity index (χ1n) is 4.97. The average Bonchev–Trinajstić information content (AvgIpc) is 2.35. The molecule has 7 heteroatoms. The van der Waals surface area contributed by atoms with Crippen molar-refractivity contribution >= 4 is 11.7 Å². The Morgan fingerprint density at radius 3 is 2.83 bits per heavy atom. The predicted octanol–water partition coefficient (Wildman–Crippen LogP) is 3.01. The second-order valence-corrected chi connectivity index (χ2v) is 3.01. The van der Waals surface area contributed by atoms with Crippen molar-refractivity contribution in [2.75, 3.05) is 6.61 Å². The molecule has 1 N–H and O–H groups in total. The molecule has 0 aliphatic rings. The normalized spacial score (nSPS) is 11.8. The van der Waals surface area contributed by atoms with Gasteiger partial charge in [-0.15, -0.1) is 10.2 Å². The molecule has 5 nitrogen and oxygen atoms in total. The number of carbonyl (C=O) groups is 1. The molecule has 0 fully saturated rings. The topological polar surface area (TPSA) is 71.2 Å². The van der Waals surface area contributed by atoms with E-state index in [0.29, 0.717) is 6.26 Å². The Morgan fingerprint density at radius 2 is 2.22 bits per heavy atom. The van der Waals surface area contributed by atoms with Gasteiger partial charge in [-0.2, -0.15) is 0 Å². The lowest BCUT2D eigenvalue weighted by molar-refractivity contribution is -0.138. The number of azo groups is 1. The number of benzene rings is 1. The van der Waals surface area contributed by atoms with E-state index in [1.54, 1.807) is 6.92 Å². The van der Waals surface area contributed by atoms with Gasteiger partial charge in [0.1, 0.15) is 11.9 Å². The first kappa shape index (κ1) is 13.8. The van der Waals surface area contributed by atoms with Crippen LogP contribution in [0.3, 0.4) is 0 Å². The van der Waals surface area contributed by atoms with Crippen LogP contribution < -0.4 is 0 Å². The lowest BCUT2D eigenvalue weighted by atomic mass is 10.3. The molecule has 0 aromatic heterocycles. The summed E-state index contributed by atoms with van der Waals surface area (Å²) in [6.45, 7) is 1.65. The minimum absolute atomic E-state index is 0.0834. The number of nitrogens with zero attached hydrogens (tertiary/aromatic N) is 2. The van der Waals surface area contributed by atoms with Crippen LogP contribution in [0.1, 0.15) is 6.92 Å². The van der Waals surface area contributed by atoms with Gasteiger partial charge in [0.15, 0.2) is 11.6 Å². The molecular formula is C11H10F2N2O3. The van der Waals surface area contributed by atoms with Crippen molar-refractivity contribution in [2.24, 2.45) is 10.2 Å². The number of ether oxygens (including phenoxy) is 1. The van der Waals surface area contributed by atoms with Gasteiger partial charge >= 0.3 is 5.97 Å². The van der Waals surface area contributed by atoms with E-state index < -0.39 is 29.0 Å². The van der Waals surface area contributed by atoms with E-state index in [-0.39, 0.29) is 6.61 Å². The smallest absolute Gasteiger partial charge is 0.362 e. The molecule has 0 unspecified atom stereocenters. The molecule has 0 radical (unpaired) electrons. The van der Waals surface area contributed by atoms with Gasteiger partial charge in [-0.1, -0.05) is 6.07 Å². The van der Waals surface area contributed by atoms with Gasteiger partial charge < -0.3 is 9.84 Å². The summed E-state index contributed by atoms with van der Waals surface area (Å²) < 4.78 is 30.6. The van der Waals surface area contributed by atoms with E-state index in [9.17, 15) is 13.6 Å². The third kappa shape index (κ3) is 3.34. The third-order valence-electron chi connectivity index (χ3n) is 1.80. The van der Waals surface area contributed by atoms with Crippen LogP contribution in [0.5, 0.6) is 0 Å².